The molecule has 0 aliphatic carbocycles. The summed E-state index contributed by atoms with van der Waals surface area (Å²) >= 11 is 0. The summed E-state index contributed by atoms with van der Waals surface area (Å²) in [6.07, 6.45) is 0. The molecule has 0 radical (unpaired) electrons. The van der Waals surface area contributed by atoms with E-state index < -0.39 is 5.41 Å². The molecule has 0 aromatic heterocycles. The Hall–Kier alpha value is -0.610. The highest BCUT2D eigenvalue weighted by atomic mass is 16.5. The predicted molar refractivity (Wildman–Crippen MR) is 55.0 cm³/mol. The van der Waals surface area contributed by atoms with Crippen molar-refractivity contribution in [2.75, 3.05) is 33.4 Å². The SMILES string of the molecule is COCCN(CCO)C(=O)C(C)(C)C. The molecule has 1 N–H and O–H groups in total. The van der Waals surface area contributed by atoms with Crippen molar-refractivity contribution in [2.45, 2.75) is 20.8 Å². The minimum atomic E-state index is -0.400. The summed E-state index contributed by atoms with van der Waals surface area (Å²) in [5, 5.41) is 8.82. The fraction of sp³-hybridized carbons (Fsp3) is 0.900. The summed E-state index contributed by atoms with van der Waals surface area (Å²) in [5.41, 5.74) is -0.400. The number of carbonyl (C=O) groups is 1. The van der Waals surface area contributed by atoms with Gasteiger partial charge in [-0.05, 0) is 0 Å². The molecule has 0 atom stereocenters. The highest BCUT2D eigenvalue weighted by Gasteiger charge is 2.26. The van der Waals surface area contributed by atoms with Crippen LogP contribution >= 0.6 is 0 Å². The van der Waals surface area contributed by atoms with Crippen LogP contribution in [0, 0.1) is 5.41 Å². The van der Waals surface area contributed by atoms with E-state index in [4.69, 9.17) is 9.84 Å². The monoisotopic (exact) mass is 203 g/mol. The number of nitrogens with zero attached hydrogens (tertiary/aromatic N) is 1. The van der Waals surface area contributed by atoms with E-state index in [1.165, 1.54) is 0 Å². The molecular formula is C10H21NO3. The van der Waals surface area contributed by atoms with Gasteiger partial charge in [0.05, 0.1) is 13.2 Å². The molecule has 0 aliphatic heterocycles. The van der Waals surface area contributed by atoms with Crippen LogP contribution in [-0.4, -0.2) is 49.3 Å². The second-order valence-corrected chi connectivity index (χ2v) is 4.26. The van der Waals surface area contributed by atoms with Crippen LogP contribution in [0.3, 0.4) is 0 Å². The first-order valence-corrected chi connectivity index (χ1v) is 4.82. The Balaban J connectivity index is 4.25. The molecule has 0 fully saturated rings. The fourth-order valence-corrected chi connectivity index (χ4v) is 1.11. The van der Waals surface area contributed by atoms with Crippen molar-refractivity contribution in [3.05, 3.63) is 0 Å². The summed E-state index contributed by atoms with van der Waals surface area (Å²) in [6.45, 7) is 7.01. The van der Waals surface area contributed by atoms with E-state index in [0.717, 1.165) is 0 Å². The van der Waals surface area contributed by atoms with Gasteiger partial charge in [-0.2, -0.15) is 0 Å². The van der Waals surface area contributed by atoms with E-state index >= 15 is 0 Å². The van der Waals surface area contributed by atoms with Crippen LogP contribution in [-0.2, 0) is 9.53 Å². The van der Waals surface area contributed by atoms with Gasteiger partial charge in [-0.15, -0.1) is 0 Å². The van der Waals surface area contributed by atoms with Crippen molar-refractivity contribution < 1.29 is 14.6 Å². The van der Waals surface area contributed by atoms with E-state index in [0.29, 0.717) is 19.7 Å². The minimum absolute atomic E-state index is 0.00840. The van der Waals surface area contributed by atoms with Crippen LogP contribution < -0.4 is 0 Å². The molecule has 0 aromatic carbocycles. The highest BCUT2D eigenvalue weighted by molar-refractivity contribution is 5.81. The Kier molecular flexibility index (Phi) is 5.72. The number of aliphatic hydroxyl groups is 1. The predicted octanol–water partition coefficient (Wildman–Crippen LogP) is 0.500. The topological polar surface area (TPSA) is 49.8 Å². The van der Waals surface area contributed by atoms with Gasteiger partial charge in [0, 0.05) is 25.6 Å². The lowest BCUT2D eigenvalue weighted by Gasteiger charge is -2.28. The Morgan fingerprint density at radius 3 is 2.29 bits per heavy atom. The standard InChI is InChI=1S/C10H21NO3/c1-10(2,3)9(13)11(5-7-12)6-8-14-4/h12H,5-8H2,1-4H3. The number of aliphatic hydroxyl groups excluding tert-OH is 1. The molecule has 0 aliphatic rings. The molecule has 1 amide bonds. The van der Waals surface area contributed by atoms with Crippen LogP contribution in [0.2, 0.25) is 0 Å². The van der Waals surface area contributed by atoms with E-state index in [1.54, 1.807) is 12.0 Å². The molecule has 14 heavy (non-hydrogen) atoms. The Labute approximate surface area is 85.9 Å². The van der Waals surface area contributed by atoms with Gasteiger partial charge in [0.2, 0.25) is 5.91 Å². The molecule has 4 heteroatoms. The molecule has 0 spiro atoms. The molecular weight excluding hydrogens is 182 g/mol. The van der Waals surface area contributed by atoms with Crippen LogP contribution in [0.25, 0.3) is 0 Å². The third-order valence-electron chi connectivity index (χ3n) is 1.86. The van der Waals surface area contributed by atoms with Crippen LogP contribution in [0.15, 0.2) is 0 Å². The van der Waals surface area contributed by atoms with Gasteiger partial charge in [-0.1, -0.05) is 20.8 Å². The summed E-state index contributed by atoms with van der Waals surface area (Å²) in [7, 11) is 1.60. The Morgan fingerprint density at radius 1 is 1.36 bits per heavy atom. The van der Waals surface area contributed by atoms with Crippen molar-refractivity contribution >= 4 is 5.91 Å². The zero-order valence-electron chi connectivity index (χ0n) is 9.54. The molecule has 4 nitrogen and oxygen atoms in total. The van der Waals surface area contributed by atoms with Gasteiger partial charge < -0.3 is 14.7 Å². The number of amides is 1. The van der Waals surface area contributed by atoms with Crippen molar-refractivity contribution in [1.29, 1.82) is 0 Å². The lowest BCUT2D eigenvalue weighted by molar-refractivity contribution is -0.140. The number of carbonyl (C=O) groups excluding carboxylic acids is 1. The quantitative estimate of drug-likeness (QED) is 0.708. The van der Waals surface area contributed by atoms with Gasteiger partial charge in [0.25, 0.3) is 0 Å². The van der Waals surface area contributed by atoms with Gasteiger partial charge in [-0.25, -0.2) is 0 Å². The van der Waals surface area contributed by atoms with Crippen molar-refractivity contribution in [2.24, 2.45) is 5.41 Å². The van der Waals surface area contributed by atoms with Crippen LogP contribution in [0.5, 0.6) is 0 Å². The number of hydrogen-bond acceptors (Lipinski definition) is 3. The summed E-state index contributed by atoms with van der Waals surface area (Å²) in [4.78, 5) is 13.4. The third-order valence-corrected chi connectivity index (χ3v) is 1.86. The van der Waals surface area contributed by atoms with Crippen molar-refractivity contribution in [3.63, 3.8) is 0 Å². The maximum absolute atomic E-state index is 11.8. The zero-order valence-corrected chi connectivity index (χ0v) is 9.54. The summed E-state index contributed by atoms with van der Waals surface area (Å²) < 4.78 is 4.91. The molecule has 0 saturated carbocycles. The zero-order chi connectivity index (χ0) is 11.2. The van der Waals surface area contributed by atoms with E-state index in [9.17, 15) is 4.79 Å². The largest absolute Gasteiger partial charge is 0.395 e. The molecule has 84 valence electrons. The lowest BCUT2D eigenvalue weighted by atomic mass is 9.95. The second kappa shape index (κ2) is 5.98. The third kappa shape index (κ3) is 4.58. The summed E-state index contributed by atoms with van der Waals surface area (Å²) in [6, 6.07) is 0. The average Bonchev–Trinajstić information content (AvgIpc) is 2.09. The normalized spacial score (nSPS) is 11.5. The van der Waals surface area contributed by atoms with E-state index in [-0.39, 0.29) is 12.5 Å². The molecule has 0 rings (SSSR count). The smallest absolute Gasteiger partial charge is 0.228 e. The molecule has 0 heterocycles. The van der Waals surface area contributed by atoms with Gasteiger partial charge in [0.1, 0.15) is 0 Å². The summed E-state index contributed by atoms with van der Waals surface area (Å²) in [5.74, 6) is 0.0450. The van der Waals surface area contributed by atoms with Gasteiger partial charge >= 0.3 is 0 Å². The number of methoxy groups -OCH3 is 1. The minimum Gasteiger partial charge on any atom is -0.395 e. The maximum Gasteiger partial charge on any atom is 0.228 e. The number of rotatable bonds is 5. The van der Waals surface area contributed by atoms with E-state index in [2.05, 4.69) is 0 Å². The highest BCUT2D eigenvalue weighted by Crippen LogP contribution is 2.16. The fourth-order valence-electron chi connectivity index (χ4n) is 1.11. The number of ether oxygens (including phenoxy) is 1. The van der Waals surface area contributed by atoms with Gasteiger partial charge in [-0.3, -0.25) is 4.79 Å². The first kappa shape index (κ1) is 13.4. The van der Waals surface area contributed by atoms with Crippen molar-refractivity contribution in [3.8, 4) is 0 Å². The first-order chi connectivity index (χ1) is 6.43. The van der Waals surface area contributed by atoms with Crippen molar-refractivity contribution in [1.82, 2.24) is 4.90 Å². The molecule has 0 aromatic rings. The molecule has 0 saturated heterocycles. The molecule has 0 bridgehead atoms. The maximum atomic E-state index is 11.8. The van der Waals surface area contributed by atoms with Gasteiger partial charge in [0.15, 0.2) is 0 Å². The van der Waals surface area contributed by atoms with Crippen LogP contribution in [0.1, 0.15) is 20.8 Å². The Morgan fingerprint density at radius 2 is 1.93 bits per heavy atom. The van der Waals surface area contributed by atoms with Crippen LogP contribution in [0.4, 0.5) is 0 Å². The molecule has 0 unspecified atom stereocenters. The second-order valence-electron chi connectivity index (χ2n) is 4.26. The first-order valence-electron chi connectivity index (χ1n) is 4.82. The Bertz CT molecular complexity index is 175. The number of hydrogen-bond donors (Lipinski definition) is 1. The van der Waals surface area contributed by atoms with E-state index in [1.807, 2.05) is 20.8 Å². The lowest BCUT2D eigenvalue weighted by Crippen LogP contribution is -2.42. The average molecular weight is 203 g/mol.